The Kier molecular flexibility index (Phi) is 4.74. The number of esters is 1. The van der Waals surface area contributed by atoms with Gasteiger partial charge in [-0.15, -0.1) is 0 Å². The third kappa shape index (κ3) is 4.91. The highest BCUT2D eigenvalue weighted by molar-refractivity contribution is 7.85. The zero-order valence-electron chi connectivity index (χ0n) is 11.2. The van der Waals surface area contributed by atoms with Gasteiger partial charge in [0.2, 0.25) is 0 Å². The van der Waals surface area contributed by atoms with Crippen LogP contribution in [0, 0.1) is 11.3 Å². The highest BCUT2D eigenvalue weighted by atomic mass is 32.2. The molecule has 0 aromatic heterocycles. The summed E-state index contributed by atoms with van der Waals surface area (Å²) in [6, 6.07) is 0. The molecule has 1 aliphatic heterocycles. The van der Waals surface area contributed by atoms with Gasteiger partial charge in [-0.2, -0.15) is 8.42 Å². The number of rotatable bonds is 4. The quantitative estimate of drug-likeness (QED) is 0.595. The molecule has 0 amide bonds. The molecule has 0 radical (unpaired) electrons. The zero-order valence-corrected chi connectivity index (χ0v) is 12.0. The first-order chi connectivity index (χ1) is 8.09. The van der Waals surface area contributed by atoms with Gasteiger partial charge in [0, 0.05) is 5.92 Å². The van der Waals surface area contributed by atoms with E-state index in [-0.39, 0.29) is 18.5 Å². The molecular formula is C11H21NO5S. The van der Waals surface area contributed by atoms with Crippen LogP contribution in [0.4, 0.5) is 0 Å². The molecule has 1 heterocycles. The van der Waals surface area contributed by atoms with E-state index in [0.29, 0.717) is 6.54 Å². The summed E-state index contributed by atoms with van der Waals surface area (Å²) in [7, 11) is -3.46. The minimum atomic E-state index is -3.46. The second-order valence-corrected chi connectivity index (χ2v) is 7.21. The summed E-state index contributed by atoms with van der Waals surface area (Å²) in [5.41, 5.74) is -0.577. The van der Waals surface area contributed by atoms with Crippen LogP contribution in [0.25, 0.3) is 0 Å². The monoisotopic (exact) mass is 279 g/mol. The second kappa shape index (κ2) is 5.54. The summed E-state index contributed by atoms with van der Waals surface area (Å²) < 4.78 is 31.9. The molecule has 6 nitrogen and oxygen atoms in total. The van der Waals surface area contributed by atoms with Crippen molar-refractivity contribution >= 4 is 16.1 Å². The lowest BCUT2D eigenvalue weighted by Gasteiger charge is -2.24. The van der Waals surface area contributed by atoms with Crippen molar-refractivity contribution in [2.24, 2.45) is 11.3 Å². The van der Waals surface area contributed by atoms with Crippen molar-refractivity contribution in [1.29, 1.82) is 0 Å². The van der Waals surface area contributed by atoms with Crippen molar-refractivity contribution < 1.29 is 22.1 Å². The molecule has 0 spiro atoms. The molecule has 0 bridgehead atoms. The molecule has 0 aliphatic carbocycles. The molecule has 1 fully saturated rings. The van der Waals surface area contributed by atoms with Crippen LogP contribution < -0.4 is 5.32 Å². The van der Waals surface area contributed by atoms with Crippen molar-refractivity contribution in [2.45, 2.75) is 33.4 Å². The first-order valence-electron chi connectivity index (χ1n) is 5.88. The van der Waals surface area contributed by atoms with E-state index in [4.69, 9.17) is 8.92 Å². The van der Waals surface area contributed by atoms with E-state index in [2.05, 4.69) is 5.32 Å². The molecule has 1 unspecified atom stereocenters. The fraction of sp³-hybridized carbons (Fsp3) is 0.909. The number of nitrogens with one attached hydrogen (secondary N) is 1. The Morgan fingerprint density at radius 1 is 1.39 bits per heavy atom. The van der Waals surface area contributed by atoms with E-state index in [1.54, 1.807) is 20.8 Å². The maximum atomic E-state index is 11.7. The van der Waals surface area contributed by atoms with Crippen LogP contribution in [-0.2, 0) is 23.8 Å². The lowest BCUT2D eigenvalue weighted by Crippen LogP contribution is -2.38. The number of ether oxygens (including phenoxy) is 1. The van der Waals surface area contributed by atoms with E-state index < -0.39 is 21.8 Å². The summed E-state index contributed by atoms with van der Waals surface area (Å²) >= 11 is 0. The average molecular weight is 279 g/mol. The van der Waals surface area contributed by atoms with Crippen molar-refractivity contribution in [1.82, 2.24) is 5.32 Å². The standard InChI is InChI=1S/C11H21NO5S/c1-11(2,3)10(13)17-9-8(5-6-12-9)7-16-18(4,14)15/h8-9,12H,5-7H2,1-4H3/t8-,9?/m0/s1. The summed E-state index contributed by atoms with van der Waals surface area (Å²) in [5.74, 6) is -0.447. The first kappa shape index (κ1) is 15.4. The van der Waals surface area contributed by atoms with E-state index in [1.807, 2.05) is 0 Å². The van der Waals surface area contributed by atoms with E-state index in [1.165, 1.54) is 0 Å². The molecule has 1 saturated heterocycles. The maximum absolute atomic E-state index is 11.7. The molecule has 0 aromatic carbocycles. The van der Waals surface area contributed by atoms with E-state index in [9.17, 15) is 13.2 Å². The number of hydrogen-bond acceptors (Lipinski definition) is 6. The molecule has 18 heavy (non-hydrogen) atoms. The van der Waals surface area contributed by atoms with Gasteiger partial charge in [0.05, 0.1) is 18.3 Å². The van der Waals surface area contributed by atoms with E-state index in [0.717, 1.165) is 12.7 Å². The molecule has 1 rings (SSSR count). The second-order valence-electron chi connectivity index (χ2n) is 5.57. The first-order valence-corrected chi connectivity index (χ1v) is 7.70. The SMILES string of the molecule is CC(C)(C)C(=O)OC1NCC[C@H]1COS(C)(=O)=O. The van der Waals surface area contributed by atoms with Crippen LogP contribution in [0.15, 0.2) is 0 Å². The molecule has 1 N–H and O–H groups in total. The summed E-state index contributed by atoms with van der Waals surface area (Å²) in [5, 5.41) is 3.03. The number of carbonyl (C=O) groups excluding carboxylic acids is 1. The lowest BCUT2D eigenvalue weighted by atomic mass is 9.97. The molecule has 0 aromatic rings. The fourth-order valence-electron chi connectivity index (χ4n) is 1.54. The Balaban J connectivity index is 2.53. The maximum Gasteiger partial charge on any atom is 0.312 e. The predicted molar refractivity (Wildman–Crippen MR) is 66.2 cm³/mol. The van der Waals surface area contributed by atoms with Gasteiger partial charge in [-0.1, -0.05) is 0 Å². The van der Waals surface area contributed by atoms with Crippen LogP contribution in [0.3, 0.4) is 0 Å². The van der Waals surface area contributed by atoms with Crippen LogP contribution in [-0.4, -0.2) is 40.0 Å². The number of carbonyl (C=O) groups is 1. The minimum absolute atomic E-state index is 0.0356. The highest BCUT2D eigenvalue weighted by Crippen LogP contribution is 2.22. The number of hydrogen-bond donors (Lipinski definition) is 1. The summed E-state index contributed by atoms with van der Waals surface area (Å²) in [4.78, 5) is 11.7. The summed E-state index contributed by atoms with van der Waals surface area (Å²) in [6.45, 7) is 6.03. The third-order valence-electron chi connectivity index (χ3n) is 2.63. The lowest BCUT2D eigenvalue weighted by molar-refractivity contribution is -0.162. The molecular weight excluding hydrogens is 258 g/mol. The Hall–Kier alpha value is -0.660. The molecule has 7 heteroatoms. The third-order valence-corrected chi connectivity index (χ3v) is 3.20. The predicted octanol–water partition coefficient (Wildman–Crippen LogP) is 0.488. The molecule has 0 saturated carbocycles. The fourth-order valence-corrected chi connectivity index (χ4v) is 1.96. The van der Waals surface area contributed by atoms with Crippen molar-refractivity contribution in [3.05, 3.63) is 0 Å². The molecule has 1 aliphatic rings. The smallest absolute Gasteiger partial charge is 0.312 e. The van der Waals surface area contributed by atoms with Crippen molar-refractivity contribution in [3.8, 4) is 0 Å². The van der Waals surface area contributed by atoms with Crippen LogP contribution >= 0.6 is 0 Å². The van der Waals surface area contributed by atoms with E-state index >= 15 is 0 Å². The van der Waals surface area contributed by atoms with Gasteiger partial charge in [0.15, 0.2) is 6.23 Å². The zero-order chi connectivity index (χ0) is 14.0. The summed E-state index contributed by atoms with van der Waals surface area (Å²) in [6.07, 6.45) is 1.25. The van der Waals surface area contributed by atoms with Crippen molar-refractivity contribution in [3.63, 3.8) is 0 Å². The van der Waals surface area contributed by atoms with Gasteiger partial charge in [0.25, 0.3) is 10.1 Å². The van der Waals surface area contributed by atoms with Crippen LogP contribution in [0.2, 0.25) is 0 Å². The minimum Gasteiger partial charge on any atom is -0.446 e. The Labute approximate surface area is 108 Å². The van der Waals surface area contributed by atoms with Gasteiger partial charge in [-0.05, 0) is 33.7 Å². The van der Waals surface area contributed by atoms with Crippen LogP contribution in [0.1, 0.15) is 27.2 Å². The van der Waals surface area contributed by atoms with Gasteiger partial charge in [-0.25, -0.2) is 0 Å². The largest absolute Gasteiger partial charge is 0.446 e. The Morgan fingerprint density at radius 3 is 2.50 bits per heavy atom. The van der Waals surface area contributed by atoms with Gasteiger partial charge in [-0.3, -0.25) is 14.3 Å². The molecule has 2 atom stereocenters. The Morgan fingerprint density at radius 2 is 2.00 bits per heavy atom. The highest BCUT2D eigenvalue weighted by Gasteiger charge is 2.34. The van der Waals surface area contributed by atoms with Gasteiger partial charge >= 0.3 is 5.97 Å². The topological polar surface area (TPSA) is 81.7 Å². The molecule has 106 valence electrons. The Bertz CT molecular complexity index is 398. The van der Waals surface area contributed by atoms with Gasteiger partial charge in [0.1, 0.15) is 0 Å². The normalized spacial score (nSPS) is 25.1. The van der Waals surface area contributed by atoms with Crippen LogP contribution in [0.5, 0.6) is 0 Å². The van der Waals surface area contributed by atoms with Gasteiger partial charge < -0.3 is 4.74 Å². The average Bonchev–Trinajstić information content (AvgIpc) is 2.59. The van der Waals surface area contributed by atoms with Crippen molar-refractivity contribution in [2.75, 3.05) is 19.4 Å².